The quantitative estimate of drug-likeness (QED) is 0.777. The summed E-state index contributed by atoms with van der Waals surface area (Å²) in [5.41, 5.74) is 2.05. The molecule has 0 aromatic heterocycles. The van der Waals surface area contributed by atoms with Crippen LogP contribution in [0.15, 0.2) is 66.7 Å². The number of nitrogens with zero attached hydrogens (tertiary/aromatic N) is 1. The zero-order valence-electron chi connectivity index (χ0n) is 12.8. The highest BCUT2D eigenvalue weighted by atomic mass is 16.6. The highest BCUT2D eigenvalue weighted by Crippen LogP contribution is 2.31. The molecule has 3 heteroatoms. The van der Waals surface area contributed by atoms with Gasteiger partial charge in [0.15, 0.2) is 6.10 Å². The number of cyclic esters (lactones) is 1. The van der Waals surface area contributed by atoms with Crippen LogP contribution in [-0.2, 0) is 4.74 Å². The maximum atomic E-state index is 12.0. The van der Waals surface area contributed by atoms with Crippen molar-refractivity contribution in [3.63, 3.8) is 0 Å². The SMILES string of the molecule is C[C@H]1[C@@H](c2ccccc2)OC(=O)N1C#C/C=C/c1ccccc1. The Morgan fingerprint density at radius 1 is 1.04 bits per heavy atom. The van der Waals surface area contributed by atoms with Crippen molar-refractivity contribution in [3.8, 4) is 12.0 Å². The zero-order chi connectivity index (χ0) is 16.1. The van der Waals surface area contributed by atoms with E-state index in [1.54, 1.807) is 6.08 Å². The van der Waals surface area contributed by atoms with E-state index in [-0.39, 0.29) is 12.1 Å². The summed E-state index contributed by atoms with van der Waals surface area (Å²) in [7, 11) is 0. The number of hydrogen-bond donors (Lipinski definition) is 0. The number of allylic oxidation sites excluding steroid dienone is 1. The van der Waals surface area contributed by atoms with Gasteiger partial charge in [0.2, 0.25) is 0 Å². The summed E-state index contributed by atoms with van der Waals surface area (Å²) in [6.45, 7) is 1.94. The van der Waals surface area contributed by atoms with Crippen LogP contribution in [0, 0.1) is 12.0 Å². The summed E-state index contributed by atoms with van der Waals surface area (Å²) < 4.78 is 5.45. The average Bonchev–Trinajstić information content (AvgIpc) is 2.88. The molecular formula is C20H17NO2. The van der Waals surface area contributed by atoms with Gasteiger partial charge in [-0.1, -0.05) is 66.6 Å². The highest BCUT2D eigenvalue weighted by Gasteiger charge is 2.39. The summed E-state index contributed by atoms with van der Waals surface area (Å²) in [6.07, 6.45) is 2.97. The number of rotatable bonds is 2. The fourth-order valence-electron chi connectivity index (χ4n) is 2.51. The predicted octanol–water partition coefficient (Wildman–Crippen LogP) is 4.24. The van der Waals surface area contributed by atoms with Crippen molar-refractivity contribution in [1.82, 2.24) is 4.90 Å². The van der Waals surface area contributed by atoms with Gasteiger partial charge in [0, 0.05) is 6.04 Å². The molecule has 1 saturated heterocycles. The number of carbonyl (C=O) groups is 1. The van der Waals surface area contributed by atoms with Crippen molar-refractivity contribution in [1.29, 1.82) is 0 Å². The molecule has 2 atom stereocenters. The van der Waals surface area contributed by atoms with Gasteiger partial charge < -0.3 is 4.74 Å². The standard InChI is InChI=1S/C20H17NO2/c1-16-19(18-13-6-3-7-14-18)23-20(22)21(16)15-9-8-12-17-10-4-2-5-11-17/h2-8,10-14,16,19H,1H3/b12-8+/t16-,19-/m0/s1. The summed E-state index contributed by atoms with van der Waals surface area (Å²) >= 11 is 0. The molecule has 3 nitrogen and oxygen atoms in total. The Bertz CT molecular complexity index is 756. The number of carbonyl (C=O) groups excluding carboxylic acids is 1. The third-order valence-electron chi connectivity index (χ3n) is 3.74. The second-order valence-corrected chi connectivity index (χ2v) is 5.33. The molecule has 1 aliphatic rings. The fraction of sp³-hybridized carbons (Fsp3) is 0.150. The van der Waals surface area contributed by atoms with Crippen molar-refractivity contribution >= 4 is 12.2 Å². The Morgan fingerprint density at radius 2 is 1.70 bits per heavy atom. The zero-order valence-corrected chi connectivity index (χ0v) is 12.8. The Morgan fingerprint density at radius 3 is 2.39 bits per heavy atom. The minimum atomic E-state index is -0.396. The molecule has 0 unspecified atom stereocenters. The van der Waals surface area contributed by atoms with E-state index in [9.17, 15) is 4.79 Å². The van der Waals surface area contributed by atoms with Gasteiger partial charge in [-0.05, 0) is 30.2 Å². The first-order chi connectivity index (χ1) is 11.3. The van der Waals surface area contributed by atoms with Crippen molar-refractivity contribution in [2.24, 2.45) is 0 Å². The van der Waals surface area contributed by atoms with E-state index in [1.165, 1.54) is 4.90 Å². The summed E-state index contributed by atoms with van der Waals surface area (Å²) in [5.74, 6) is 2.90. The van der Waals surface area contributed by atoms with E-state index >= 15 is 0 Å². The molecule has 0 spiro atoms. The smallest absolute Gasteiger partial charge is 0.422 e. The van der Waals surface area contributed by atoms with E-state index in [4.69, 9.17) is 4.74 Å². The molecule has 1 heterocycles. The summed E-state index contributed by atoms with van der Waals surface area (Å²) in [6, 6.07) is 22.4. The van der Waals surface area contributed by atoms with Crippen LogP contribution in [0.3, 0.4) is 0 Å². The van der Waals surface area contributed by atoms with E-state index in [2.05, 4.69) is 12.0 Å². The molecule has 3 rings (SSSR count). The van der Waals surface area contributed by atoms with E-state index in [0.717, 1.165) is 11.1 Å². The predicted molar refractivity (Wildman–Crippen MR) is 90.2 cm³/mol. The Kier molecular flexibility index (Phi) is 4.44. The molecule has 1 amide bonds. The minimum Gasteiger partial charge on any atom is -0.438 e. The van der Waals surface area contributed by atoms with Crippen molar-refractivity contribution in [3.05, 3.63) is 77.9 Å². The molecule has 0 saturated carbocycles. The van der Waals surface area contributed by atoms with E-state index in [0.29, 0.717) is 0 Å². The lowest BCUT2D eigenvalue weighted by Crippen LogP contribution is -2.27. The third-order valence-corrected chi connectivity index (χ3v) is 3.74. The summed E-state index contributed by atoms with van der Waals surface area (Å²) in [4.78, 5) is 13.5. The maximum absolute atomic E-state index is 12.0. The molecule has 1 aliphatic heterocycles. The van der Waals surface area contributed by atoms with Crippen molar-refractivity contribution < 1.29 is 9.53 Å². The molecule has 114 valence electrons. The number of amides is 1. The van der Waals surface area contributed by atoms with Crippen LogP contribution < -0.4 is 0 Å². The Labute approximate surface area is 136 Å². The second-order valence-electron chi connectivity index (χ2n) is 5.33. The van der Waals surface area contributed by atoms with Crippen LogP contribution in [0.25, 0.3) is 6.08 Å². The lowest BCUT2D eigenvalue weighted by atomic mass is 10.0. The van der Waals surface area contributed by atoms with Crippen molar-refractivity contribution in [2.45, 2.75) is 19.1 Å². The highest BCUT2D eigenvalue weighted by molar-refractivity contribution is 5.73. The largest absolute Gasteiger partial charge is 0.438 e. The van der Waals surface area contributed by atoms with Gasteiger partial charge in [-0.25, -0.2) is 9.69 Å². The van der Waals surface area contributed by atoms with Gasteiger partial charge in [-0.15, -0.1) is 0 Å². The summed E-state index contributed by atoms with van der Waals surface area (Å²) in [5, 5.41) is 0. The molecule has 0 radical (unpaired) electrons. The second kappa shape index (κ2) is 6.85. The number of hydrogen-bond acceptors (Lipinski definition) is 2. The lowest BCUT2D eigenvalue weighted by molar-refractivity contribution is 0.132. The van der Waals surface area contributed by atoms with Crippen LogP contribution in [0.4, 0.5) is 4.79 Å². The van der Waals surface area contributed by atoms with Crippen molar-refractivity contribution in [2.75, 3.05) is 0 Å². The van der Waals surface area contributed by atoms with Crippen LogP contribution in [0.1, 0.15) is 24.2 Å². The first-order valence-corrected chi connectivity index (χ1v) is 7.53. The Balaban J connectivity index is 1.71. The van der Waals surface area contributed by atoms with Gasteiger partial charge in [0.05, 0.1) is 6.04 Å². The number of benzene rings is 2. The molecule has 1 fully saturated rings. The molecule has 0 bridgehead atoms. The fourth-order valence-corrected chi connectivity index (χ4v) is 2.51. The molecule has 2 aromatic rings. The minimum absolute atomic E-state index is 0.123. The van der Waals surface area contributed by atoms with Gasteiger partial charge in [0.25, 0.3) is 0 Å². The molecule has 0 aliphatic carbocycles. The topological polar surface area (TPSA) is 29.5 Å². The number of ether oxygens (including phenoxy) is 1. The van der Waals surface area contributed by atoms with Gasteiger partial charge in [-0.3, -0.25) is 0 Å². The Hall–Kier alpha value is -2.99. The van der Waals surface area contributed by atoms with Crippen LogP contribution in [0.2, 0.25) is 0 Å². The molecule has 2 aromatic carbocycles. The normalized spacial score (nSPS) is 20.2. The molecule has 23 heavy (non-hydrogen) atoms. The molecule has 0 N–H and O–H groups in total. The average molecular weight is 303 g/mol. The lowest BCUT2D eigenvalue weighted by Gasteiger charge is -2.15. The molecular weight excluding hydrogens is 286 g/mol. The van der Waals surface area contributed by atoms with Gasteiger partial charge in [0.1, 0.15) is 0 Å². The van der Waals surface area contributed by atoms with Crippen LogP contribution in [0.5, 0.6) is 0 Å². The van der Waals surface area contributed by atoms with E-state index < -0.39 is 6.09 Å². The van der Waals surface area contributed by atoms with Gasteiger partial charge >= 0.3 is 6.09 Å². The maximum Gasteiger partial charge on any atom is 0.422 e. The van der Waals surface area contributed by atoms with Gasteiger partial charge in [-0.2, -0.15) is 0 Å². The van der Waals surface area contributed by atoms with Crippen LogP contribution >= 0.6 is 0 Å². The third kappa shape index (κ3) is 3.44. The first kappa shape index (κ1) is 14.9. The first-order valence-electron chi connectivity index (χ1n) is 7.53. The van der Waals surface area contributed by atoms with E-state index in [1.807, 2.05) is 73.7 Å². The monoisotopic (exact) mass is 303 g/mol. The van der Waals surface area contributed by atoms with Crippen LogP contribution in [-0.4, -0.2) is 17.0 Å².